The van der Waals surface area contributed by atoms with Crippen molar-refractivity contribution in [2.75, 3.05) is 11.1 Å². The number of anilines is 2. The molecule has 0 radical (unpaired) electrons. The van der Waals surface area contributed by atoms with Gasteiger partial charge in [-0.3, -0.25) is 0 Å². The lowest BCUT2D eigenvalue weighted by Crippen LogP contribution is -2.01. The lowest BCUT2D eigenvalue weighted by atomic mass is 10.4. The molecule has 0 spiro atoms. The van der Waals surface area contributed by atoms with E-state index in [0.29, 0.717) is 18.2 Å². The van der Waals surface area contributed by atoms with Crippen LogP contribution in [0.1, 0.15) is 5.76 Å². The van der Waals surface area contributed by atoms with Gasteiger partial charge in [0.25, 0.3) is 0 Å². The summed E-state index contributed by atoms with van der Waals surface area (Å²) in [5, 5.41) is 6.59. The van der Waals surface area contributed by atoms with Crippen LogP contribution in [0.4, 0.5) is 11.6 Å². The first-order chi connectivity index (χ1) is 6.84. The maximum absolute atomic E-state index is 5.39. The zero-order valence-corrected chi connectivity index (χ0v) is 7.34. The highest BCUT2D eigenvalue weighted by molar-refractivity contribution is 5.36. The molecule has 6 nitrogen and oxygen atoms in total. The Kier molecular flexibility index (Phi) is 2.26. The summed E-state index contributed by atoms with van der Waals surface area (Å²) in [6.45, 7) is 0.526. The smallest absolute Gasteiger partial charge is 0.155 e. The average Bonchev–Trinajstić information content (AvgIpc) is 2.70. The first-order valence-electron chi connectivity index (χ1n) is 4.05. The van der Waals surface area contributed by atoms with Gasteiger partial charge in [0.15, 0.2) is 5.76 Å². The van der Waals surface area contributed by atoms with Gasteiger partial charge in [0.1, 0.15) is 11.6 Å². The summed E-state index contributed by atoms with van der Waals surface area (Å²) in [4.78, 5) is 7.90. The summed E-state index contributed by atoms with van der Waals surface area (Å²) in [5.41, 5.74) is 5.39. The first-order valence-corrected chi connectivity index (χ1v) is 4.05. The molecule has 0 unspecified atom stereocenters. The molecule has 0 saturated heterocycles. The van der Waals surface area contributed by atoms with E-state index < -0.39 is 0 Å². The molecule has 0 aromatic carbocycles. The standard InChI is InChI=1S/C8H9N5O/c9-7-4-12-8(5-10-7)11-3-6-1-2-13-14-6/h1-2,4-5H,3H2,(H2,9,10)(H,11,12). The number of nitrogens with zero attached hydrogens (tertiary/aromatic N) is 3. The fraction of sp³-hybridized carbons (Fsp3) is 0.125. The molecule has 0 saturated carbocycles. The van der Waals surface area contributed by atoms with Gasteiger partial charge in [-0.1, -0.05) is 5.16 Å². The minimum Gasteiger partial charge on any atom is -0.382 e. The average molecular weight is 191 g/mol. The van der Waals surface area contributed by atoms with E-state index in [1.807, 2.05) is 0 Å². The van der Waals surface area contributed by atoms with Gasteiger partial charge in [0, 0.05) is 6.07 Å². The van der Waals surface area contributed by atoms with Gasteiger partial charge in [0.05, 0.1) is 25.1 Å². The molecule has 0 bridgehead atoms. The number of hydrogen-bond acceptors (Lipinski definition) is 6. The fourth-order valence-electron chi connectivity index (χ4n) is 0.940. The second-order valence-electron chi connectivity index (χ2n) is 2.66. The molecule has 2 heterocycles. The van der Waals surface area contributed by atoms with Crippen molar-refractivity contribution in [1.29, 1.82) is 0 Å². The Morgan fingerprint density at radius 3 is 2.93 bits per heavy atom. The van der Waals surface area contributed by atoms with Crippen molar-refractivity contribution in [2.24, 2.45) is 0 Å². The quantitative estimate of drug-likeness (QED) is 0.740. The number of nitrogens with one attached hydrogen (secondary N) is 1. The Morgan fingerprint density at radius 1 is 1.36 bits per heavy atom. The Hall–Kier alpha value is -2.11. The van der Waals surface area contributed by atoms with Crippen LogP contribution in [0.5, 0.6) is 0 Å². The van der Waals surface area contributed by atoms with Crippen LogP contribution in [0.2, 0.25) is 0 Å². The van der Waals surface area contributed by atoms with Crippen LogP contribution in [0.3, 0.4) is 0 Å². The summed E-state index contributed by atoms with van der Waals surface area (Å²) in [6, 6.07) is 1.78. The molecule has 0 aliphatic carbocycles. The van der Waals surface area contributed by atoms with Gasteiger partial charge in [-0.25, -0.2) is 9.97 Å². The normalized spacial score (nSPS) is 10.0. The first kappa shape index (κ1) is 8.49. The van der Waals surface area contributed by atoms with Gasteiger partial charge in [-0.2, -0.15) is 0 Å². The summed E-state index contributed by atoms with van der Waals surface area (Å²) >= 11 is 0. The molecular formula is C8H9N5O. The number of nitrogen functional groups attached to an aromatic ring is 1. The monoisotopic (exact) mass is 191 g/mol. The molecule has 0 atom stereocenters. The lowest BCUT2D eigenvalue weighted by Gasteiger charge is -2.01. The second-order valence-corrected chi connectivity index (χ2v) is 2.66. The molecule has 14 heavy (non-hydrogen) atoms. The van der Waals surface area contributed by atoms with Crippen molar-refractivity contribution in [2.45, 2.75) is 6.54 Å². The predicted molar refractivity (Wildman–Crippen MR) is 50.3 cm³/mol. The summed E-state index contributed by atoms with van der Waals surface area (Å²) in [5.74, 6) is 1.79. The Balaban J connectivity index is 1.95. The molecular weight excluding hydrogens is 182 g/mol. The van der Waals surface area contributed by atoms with Crippen molar-refractivity contribution < 1.29 is 4.52 Å². The summed E-state index contributed by atoms with van der Waals surface area (Å²) in [7, 11) is 0. The summed E-state index contributed by atoms with van der Waals surface area (Å²) < 4.78 is 4.89. The van der Waals surface area contributed by atoms with Gasteiger partial charge in [-0.05, 0) is 0 Å². The fourth-order valence-corrected chi connectivity index (χ4v) is 0.940. The highest BCUT2D eigenvalue weighted by Gasteiger charge is 1.97. The van der Waals surface area contributed by atoms with Crippen molar-refractivity contribution in [3.05, 3.63) is 30.4 Å². The zero-order valence-electron chi connectivity index (χ0n) is 7.34. The molecule has 2 aromatic heterocycles. The highest BCUT2D eigenvalue weighted by atomic mass is 16.5. The van der Waals surface area contributed by atoms with E-state index in [-0.39, 0.29) is 0 Å². The second kappa shape index (κ2) is 3.73. The van der Waals surface area contributed by atoms with E-state index in [9.17, 15) is 0 Å². The molecule has 3 N–H and O–H groups in total. The largest absolute Gasteiger partial charge is 0.382 e. The molecule has 72 valence electrons. The molecule has 6 heteroatoms. The molecule has 2 aromatic rings. The number of hydrogen-bond donors (Lipinski definition) is 2. The number of aromatic nitrogens is 3. The van der Waals surface area contributed by atoms with Gasteiger partial charge in [0.2, 0.25) is 0 Å². The highest BCUT2D eigenvalue weighted by Crippen LogP contribution is 2.04. The van der Waals surface area contributed by atoms with E-state index in [1.165, 1.54) is 6.20 Å². The Morgan fingerprint density at radius 2 is 2.29 bits per heavy atom. The van der Waals surface area contributed by atoms with Crippen molar-refractivity contribution in [3.8, 4) is 0 Å². The van der Waals surface area contributed by atoms with Crippen LogP contribution < -0.4 is 11.1 Å². The van der Waals surface area contributed by atoms with E-state index in [4.69, 9.17) is 10.3 Å². The van der Waals surface area contributed by atoms with Gasteiger partial charge in [-0.15, -0.1) is 0 Å². The van der Waals surface area contributed by atoms with E-state index in [0.717, 1.165) is 5.76 Å². The van der Waals surface area contributed by atoms with E-state index in [1.54, 1.807) is 18.5 Å². The third kappa shape index (κ3) is 1.98. The maximum Gasteiger partial charge on any atom is 0.155 e. The number of nitrogens with two attached hydrogens (primary N) is 1. The minimum atomic E-state index is 0.398. The molecule has 0 aliphatic heterocycles. The van der Waals surface area contributed by atoms with Crippen LogP contribution in [-0.4, -0.2) is 15.1 Å². The minimum absolute atomic E-state index is 0.398. The third-order valence-corrected chi connectivity index (χ3v) is 1.61. The molecule has 0 fully saturated rings. The van der Waals surface area contributed by atoms with Crippen LogP contribution >= 0.6 is 0 Å². The molecule has 0 aliphatic rings. The summed E-state index contributed by atoms with van der Waals surface area (Å²) in [6.07, 6.45) is 4.64. The van der Waals surface area contributed by atoms with E-state index in [2.05, 4.69) is 20.4 Å². The Labute approximate surface area is 80.1 Å². The van der Waals surface area contributed by atoms with Crippen LogP contribution in [0.25, 0.3) is 0 Å². The van der Waals surface area contributed by atoms with Crippen LogP contribution in [0.15, 0.2) is 29.2 Å². The molecule has 0 amide bonds. The predicted octanol–water partition coefficient (Wildman–Crippen LogP) is 0.659. The third-order valence-electron chi connectivity index (χ3n) is 1.61. The maximum atomic E-state index is 5.39. The van der Waals surface area contributed by atoms with Crippen molar-refractivity contribution in [3.63, 3.8) is 0 Å². The van der Waals surface area contributed by atoms with Crippen LogP contribution in [-0.2, 0) is 6.54 Å². The number of rotatable bonds is 3. The topological polar surface area (TPSA) is 89.9 Å². The Bertz CT molecular complexity index is 383. The zero-order chi connectivity index (χ0) is 9.80. The van der Waals surface area contributed by atoms with Crippen molar-refractivity contribution >= 4 is 11.6 Å². The SMILES string of the molecule is Nc1cnc(NCc2ccno2)cn1. The van der Waals surface area contributed by atoms with Crippen molar-refractivity contribution in [1.82, 2.24) is 15.1 Å². The van der Waals surface area contributed by atoms with Gasteiger partial charge >= 0.3 is 0 Å². The van der Waals surface area contributed by atoms with E-state index >= 15 is 0 Å². The van der Waals surface area contributed by atoms with Gasteiger partial charge < -0.3 is 15.6 Å². The lowest BCUT2D eigenvalue weighted by molar-refractivity contribution is 0.388. The molecule has 2 rings (SSSR count). The van der Waals surface area contributed by atoms with Crippen LogP contribution in [0, 0.1) is 0 Å².